The predicted molar refractivity (Wildman–Crippen MR) is 90.9 cm³/mol. The first-order valence-electron chi connectivity index (χ1n) is 7.77. The van der Waals surface area contributed by atoms with Crippen molar-refractivity contribution in [2.75, 3.05) is 6.54 Å². The van der Waals surface area contributed by atoms with Crippen LogP contribution in [0.2, 0.25) is 0 Å². The monoisotopic (exact) mass is 345 g/mol. The topological polar surface area (TPSA) is 75.6 Å². The van der Waals surface area contributed by atoms with Gasteiger partial charge in [-0.15, -0.1) is 0 Å². The smallest absolute Gasteiger partial charge is 0.310 e. The minimum atomic E-state index is -1.05. The van der Waals surface area contributed by atoms with Crippen molar-refractivity contribution in [1.82, 2.24) is 5.32 Å². The van der Waals surface area contributed by atoms with Crippen LogP contribution in [0.3, 0.4) is 0 Å². The Labute approximate surface area is 145 Å². The van der Waals surface area contributed by atoms with Gasteiger partial charge in [-0.3, -0.25) is 9.59 Å². The number of carboxylic acid groups (broad SMARTS) is 1. The number of aliphatic carboxylic acids is 1. The van der Waals surface area contributed by atoms with Crippen LogP contribution < -0.4 is 10.1 Å². The van der Waals surface area contributed by atoms with E-state index in [9.17, 15) is 14.0 Å². The van der Waals surface area contributed by atoms with Gasteiger partial charge in [0.25, 0.3) is 5.91 Å². The molecule has 0 atom stereocenters. The number of hydrogen-bond acceptors (Lipinski definition) is 3. The Balaban J connectivity index is 1.98. The fourth-order valence-corrected chi connectivity index (χ4v) is 2.00. The van der Waals surface area contributed by atoms with Crippen LogP contribution in [-0.2, 0) is 11.4 Å². The molecule has 2 aromatic carbocycles. The van der Waals surface area contributed by atoms with E-state index in [2.05, 4.69) is 5.32 Å². The molecule has 0 saturated carbocycles. The van der Waals surface area contributed by atoms with Crippen molar-refractivity contribution >= 4 is 11.9 Å². The third-order valence-electron chi connectivity index (χ3n) is 3.66. The number of hydrogen-bond donors (Lipinski definition) is 2. The van der Waals surface area contributed by atoms with Gasteiger partial charge in [-0.05, 0) is 43.7 Å². The van der Waals surface area contributed by atoms with Crippen LogP contribution in [0.25, 0.3) is 0 Å². The van der Waals surface area contributed by atoms with E-state index in [1.807, 2.05) is 0 Å². The van der Waals surface area contributed by atoms with Gasteiger partial charge >= 0.3 is 5.97 Å². The standard InChI is InChI=1S/C19H20FNO4/c1-19(2,18(23)24)12-21-17(22)14-6-3-5-13(9-14)11-25-16-8-4-7-15(20)10-16/h3-10H,11-12H2,1-2H3,(H,21,22)(H,23,24). The number of carbonyl (C=O) groups is 2. The first kappa shape index (κ1) is 18.4. The maximum Gasteiger partial charge on any atom is 0.310 e. The summed E-state index contributed by atoms with van der Waals surface area (Å²) < 4.78 is 18.6. The summed E-state index contributed by atoms with van der Waals surface area (Å²) >= 11 is 0. The molecule has 0 aliphatic heterocycles. The lowest BCUT2D eigenvalue weighted by Gasteiger charge is -2.19. The Bertz CT molecular complexity index is 774. The number of halogens is 1. The molecular formula is C19H20FNO4. The predicted octanol–water partition coefficient (Wildman–Crippen LogP) is 3.25. The molecule has 0 heterocycles. The highest BCUT2D eigenvalue weighted by molar-refractivity contribution is 5.94. The second kappa shape index (κ2) is 7.79. The van der Waals surface area contributed by atoms with Gasteiger partial charge in [0, 0.05) is 18.2 Å². The van der Waals surface area contributed by atoms with Crippen LogP contribution >= 0.6 is 0 Å². The highest BCUT2D eigenvalue weighted by Crippen LogP contribution is 2.16. The summed E-state index contributed by atoms with van der Waals surface area (Å²) in [6.07, 6.45) is 0. The number of carboxylic acids is 1. The fraction of sp³-hybridized carbons (Fsp3) is 0.263. The molecule has 6 heteroatoms. The van der Waals surface area contributed by atoms with Crippen LogP contribution in [-0.4, -0.2) is 23.5 Å². The zero-order valence-corrected chi connectivity index (χ0v) is 14.1. The lowest BCUT2D eigenvalue weighted by Crippen LogP contribution is -2.38. The van der Waals surface area contributed by atoms with Crippen molar-refractivity contribution < 1.29 is 23.8 Å². The summed E-state index contributed by atoms with van der Waals surface area (Å²) in [5.74, 6) is -1.32. The summed E-state index contributed by atoms with van der Waals surface area (Å²) in [7, 11) is 0. The zero-order valence-electron chi connectivity index (χ0n) is 14.1. The Morgan fingerprint density at radius 3 is 2.56 bits per heavy atom. The highest BCUT2D eigenvalue weighted by Gasteiger charge is 2.27. The average Bonchev–Trinajstić information content (AvgIpc) is 2.58. The third-order valence-corrected chi connectivity index (χ3v) is 3.66. The lowest BCUT2D eigenvalue weighted by atomic mass is 9.94. The first-order valence-corrected chi connectivity index (χ1v) is 7.77. The molecule has 0 saturated heterocycles. The Hall–Kier alpha value is -2.89. The second-order valence-electron chi connectivity index (χ2n) is 6.32. The summed E-state index contributed by atoms with van der Waals surface area (Å²) in [5.41, 5.74) is 0.101. The minimum Gasteiger partial charge on any atom is -0.489 e. The Morgan fingerprint density at radius 1 is 1.16 bits per heavy atom. The normalized spacial score (nSPS) is 11.0. The van der Waals surface area contributed by atoms with Gasteiger partial charge in [-0.2, -0.15) is 0 Å². The molecule has 0 aliphatic carbocycles. The molecular weight excluding hydrogens is 325 g/mol. The summed E-state index contributed by atoms with van der Waals surface area (Å²) in [6, 6.07) is 12.6. The third kappa shape index (κ3) is 5.31. The molecule has 0 spiro atoms. The fourth-order valence-electron chi connectivity index (χ4n) is 2.00. The molecule has 5 nitrogen and oxygen atoms in total. The maximum atomic E-state index is 13.1. The van der Waals surface area contributed by atoms with E-state index in [4.69, 9.17) is 9.84 Å². The molecule has 2 N–H and O–H groups in total. The number of benzene rings is 2. The van der Waals surface area contributed by atoms with Crippen LogP contribution in [0.1, 0.15) is 29.8 Å². The van der Waals surface area contributed by atoms with Crippen molar-refractivity contribution in [3.63, 3.8) is 0 Å². The van der Waals surface area contributed by atoms with Crippen molar-refractivity contribution in [2.45, 2.75) is 20.5 Å². The quantitative estimate of drug-likeness (QED) is 0.808. The zero-order chi connectivity index (χ0) is 18.4. The van der Waals surface area contributed by atoms with Crippen LogP contribution in [0, 0.1) is 11.2 Å². The summed E-state index contributed by atoms with van der Waals surface area (Å²) in [5, 5.41) is 11.7. The highest BCUT2D eigenvalue weighted by atomic mass is 19.1. The van der Waals surface area contributed by atoms with Crippen LogP contribution in [0.15, 0.2) is 48.5 Å². The molecule has 0 bridgehead atoms. The molecule has 0 unspecified atom stereocenters. The van der Waals surface area contributed by atoms with E-state index in [1.165, 1.54) is 12.1 Å². The van der Waals surface area contributed by atoms with E-state index >= 15 is 0 Å². The molecule has 0 aliphatic rings. The Kier molecular flexibility index (Phi) is 5.75. The number of ether oxygens (including phenoxy) is 1. The van der Waals surface area contributed by atoms with E-state index in [1.54, 1.807) is 50.2 Å². The van der Waals surface area contributed by atoms with E-state index in [0.29, 0.717) is 11.3 Å². The second-order valence-corrected chi connectivity index (χ2v) is 6.32. The van der Waals surface area contributed by atoms with Gasteiger partial charge in [-0.25, -0.2) is 4.39 Å². The van der Waals surface area contributed by atoms with Crippen LogP contribution in [0.4, 0.5) is 4.39 Å². The molecule has 0 radical (unpaired) electrons. The largest absolute Gasteiger partial charge is 0.489 e. The van der Waals surface area contributed by atoms with Gasteiger partial charge in [-0.1, -0.05) is 18.2 Å². The number of carbonyl (C=O) groups excluding carboxylic acids is 1. The first-order chi connectivity index (χ1) is 11.8. The summed E-state index contributed by atoms with van der Waals surface area (Å²) in [4.78, 5) is 23.3. The molecule has 1 amide bonds. The van der Waals surface area contributed by atoms with Gasteiger partial charge in [0.2, 0.25) is 0 Å². The SMILES string of the molecule is CC(C)(CNC(=O)c1cccc(COc2cccc(F)c2)c1)C(=O)O. The molecule has 132 valence electrons. The number of nitrogens with one attached hydrogen (secondary N) is 1. The molecule has 0 aromatic heterocycles. The van der Waals surface area contributed by atoms with Gasteiger partial charge in [0.1, 0.15) is 18.2 Å². The molecule has 25 heavy (non-hydrogen) atoms. The van der Waals surface area contributed by atoms with Crippen LogP contribution in [0.5, 0.6) is 5.75 Å². The minimum absolute atomic E-state index is 0.0190. The van der Waals surface area contributed by atoms with E-state index in [-0.39, 0.29) is 24.9 Å². The van der Waals surface area contributed by atoms with Crippen molar-refractivity contribution in [2.24, 2.45) is 5.41 Å². The lowest BCUT2D eigenvalue weighted by molar-refractivity contribution is -0.146. The van der Waals surface area contributed by atoms with Crippen molar-refractivity contribution in [3.8, 4) is 5.75 Å². The number of rotatable bonds is 7. The van der Waals surface area contributed by atoms with E-state index in [0.717, 1.165) is 5.56 Å². The van der Waals surface area contributed by atoms with Gasteiger partial charge < -0.3 is 15.2 Å². The van der Waals surface area contributed by atoms with Crippen molar-refractivity contribution in [1.29, 1.82) is 0 Å². The summed E-state index contributed by atoms with van der Waals surface area (Å²) in [6.45, 7) is 3.29. The molecule has 2 rings (SSSR count). The van der Waals surface area contributed by atoms with Gasteiger partial charge in [0.05, 0.1) is 5.41 Å². The van der Waals surface area contributed by atoms with Gasteiger partial charge in [0.15, 0.2) is 0 Å². The average molecular weight is 345 g/mol. The Morgan fingerprint density at radius 2 is 1.88 bits per heavy atom. The maximum absolute atomic E-state index is 13.1. The molecule has 2 aromatic rings. The number of amides is 1. The molecule has 0 fully saturated rings. The van der Waals surface area contributed by atoms with Crippen molar-refractivity contribution in [3.05, 3.63) is 65.5 Å². The van der Waals surface area contributed by atoms with E-state index < -0.39 is 11.4 Å².